The Bertz CT molecular complexity index is 784. The van der Waals surface area contributed by atoms with Gasteiger partial charge >= 0.3 is 0 Å². The predicted molar refractivity (Wildman–Crippen MR) is 94.7 cm³/mol. The molecule has 1 aromatic carbocycles. The predicted octanol–water partition coefficient (Wildman–Crippen LogP) is 1.23. The minimum atomic E-state index is -0.417. The number of carbonyl (C=O) groups excluding carboxylic acids is 2. The fourth-order valence-corrected chi connectivity index (χ4v) is 2.14. The van der Waals surface area contributed by atoms with Crippen LogP contribution in [0.2, 0.25) is 0 Å². The Morgan fingerprint density at radius 1 is 0.960 bits per heavy atom. The van der Waals surface area contributed by atoms with E-state index in [0.29, 0.717) is 5.56 Å². The minimum Gasteiger partial charge on any atom is -0.350 e. The molecule has 0 aliphatic heterocycles. The van der Waals surface area contributed by atoms with Gasteiger partial charge in [0.1, 0.15) is 5.69 Å². The van der Waals surface area contributed by atoms with Gasteiger partial charge in [0.05, 0.1) is 0 Å². The molecule has 1 aromatic heterocycles. The molecule has 7 nitrogen and oxygen atoms in total. The van der Waals surface area contributed by atoms with Crippen LogP contribution in [-0.2, 0) is 5.41 Å². The molecule has 0 saturated carbocycles. The summed E-state index contributed by atoms with van der Waals surface area (Å²) in [6, 6.07) is 10.0. The first-order chi connectivity index (χ1) is 11.8. The fourth-order valence-electron chi connectivity index (χ4n) is 2.14. The molecule has 0 aliphatic rings. The molecule has 0 saturated heterocycles. The molecule has 132 valence electrons. The molecule has 1 heterocycles. The summed E-state index contributed by atoms with van der Waals surface area (Å²) in [5, 5.41) is 11.2. The number of nitrogens with zero attached hydrogens (tertiary/aromatic N) is 1. The second-order valence-corrected chi connectivity index (χ2v) is 6.65. The monoisotopic (exact) mass is 342 g/mol. The summed E-state index contributed by atoms with van der Waals surface area (Å²) < 4.78 is 0. The van der Waals surface area contributed by atoms with Gasteiger partial charge in [0.25, 0.3) is 17.4 Å². The highest BCUT2D eigenvalue weighted by atomic mass is 16.2. The fraction of sp³-hybridized carbons (Fsp3) is 0.333. The summed E-state index contributed by atoms with van der Waals surface area (Å²) in [5.74, 6) is -0.614. The zero-order chi connectivity index (χ0) is 18.4. The smallest absolute Gasteiger partial charge is 0.271 e. The van der Waals surface area contributed by atoms with Gasteiger partial charge in [-0.1, -0.05) is 32.9 Å². The molecule has 7 heteroatoms. The molecule has 2 amide bonds. The lowest BCUT2D eigenvalue weighted by molar-refractivity contribution is 0.0924. The number of hydrogen-bond acceptors (Lipinski definition) is 4. The van der Waals surface area contributed by atoms with Crippen molar-refractivity contribution >= 4 is 11.8 Å². The van der Waals surface area contributed by atoms with Crippen LogP contribution in [-0.4, -0.2) is 35.1 Å². The van der Waals surface area contributed by atoms with Crippen molar-refractivity contribution in [2.75, 3.05) is 13.1 Å². The lowest BCUT2D eigenvalue weighted by atomic mass is 9.87. The Hall–Kier alpha value is -2.96. The van der Waals surface area contributed by atoms with Crippen molar-refractivity contribution in [2.45, 2.75) is 26.2 Å². The number of aromatic amines is 1. The Labute approximate surface area is 145 Å². The highest BCUT2D eigenvalue weighted by Crippen LogP contribution is 2.22. The van der Waals surface area contributed by atoms with Gasteiger partial charge in [-0.2, -0.15) is 5.10 Å². The van der Waals surface area contributed by atoms with Gasteiger partial charge in [0, 0.05) is 24.7 Å². The largest absolute Gasteiger partial charge is 0.350 e. The number of carbonyl (C=O) groups is 2. The normalized spacial score (nSPS) is 11.0. The van der Waals surface area contributed by atoms with E-state index in [1.807, 2.05) is 12.1 Å². The van der Waals surface area contributed by atoms with Crippen molar-refractivity contribution in [1.82, 2.24) is 20.8 Å². The second-order valence-electron chi connectivity index (χ2n) is 6.65. The van der Waals surface area contributed by atoms with Gasteiger partial charge in [-0.25, -0.2) is 5.10 Å². The van der Waals surface area contributed by atoms with E-state index in [1.165, 1.54) is 12.1 Å². The molecular formula is C18H22N4O3. The van der Waals surface area contributed by atoms with Crippen molar-refractivity contribution in [3.8, 4) is 0 Å². The highest BCUT2D eigenvalue weighted by Gasteiger charge is 2.14. The molecular weight excluding hydrogens is 320 g/mol. The maximum atomic E-state index is 12.1. The standard InChI is InChI=1S/C18H22N4O3/c1-18(2,3)13-6-4-12(5-7-13)16(24)19-10-11-20-17(25)14-8-9-15(23)22-21-14/h4-9H,10-11H2,1-3H3,(H,19,24)(H,20,25)(H,22,23). The number of amides is 2. The molecule has 0 aliphatic carbocycles. The van der Waals surface area contributed by atoms with E-state index in [0.717, 1.165) is 5.56 Å². The van der Waals surface area contributed by atoms with Crippen LogP contribution in [0.3, 0.4) is 0 Å². The van der Waals surface area contributed by atoms with Gasteiger partial charge in [-0.05, 0) is 29.2 Å². The third-order valence-corrected chi connectivity index (χ3v) is 3.62. The van der Waals surface area contributed by atoms with Crippen LogP contribution in [0.4, 0.5) is 0 Å². The Morgan fingerprint density at radius 3 is 2.08 bits per heavy atom. The van der Waals surface area contributed by atoms with Crippen LogP contribution in [0.15, 0.2) is 41.2 Å². The zero-order valence-electron chi connectivity index (χ0n) is 14.6. The van der Waals surface area contributed by atoms with Crippen molar-refractivity contribution < 1.29 is 9.59 Å². The Morgan fingerprint density at radius 2 is 1.56 bits per heavy atom. The van der Waals surface area contributed by atoms with E-state index >= 15 is 0 Å². The third kappa shape index (κ3) is 5.27. The first-order valence-corrected chi connectivity index (χ1v) is 8.00. The third-order valence-electron chi connectivity index (χ3n) is 3.62. The maximum absolute atomic E-state index is 12.1. The lowest BCUT2D eigenvalue weighted by Gasteiger charge is -2.19. The first kappa shape index (κ1) is 18.4. The van der Waals surface area contributed by atoms with Crippen LogP contribution in [0.25, 0.3) is 0 Å². The molecule has 0 spiro atoms. The molecule has 0 radical (unpaired) electrons. The average Bonchev–Trinajstić information content (AvgIpc) is 2.58. The van der Waals surface area contributed by atoms with E-state index in [1.54, 1.807) is 12.1 Å². The number of nitrogens with one attached hydrogen (secondary N) is 3. The molecule has 2 rings (SSSR count). The van der Waals surface area contributed by atoms with E-state index < -0.39 is 5.91 Å². The highest BCUT2D eigenvalue weighted by molar-refractivity contribution is 5.94. The maximum Gasteiger partial charge on any atom is 0.271 e. The van der Waals surface area contributed by atoms with Gasteiger partial charge in [0.15, 0.2) is 0 Å². The molecule has 25 heavy (non-hydrogen) atoms. The van der Waals surface area contributed by atoms with Crippen LogP contribution in [0.1, 0.15) is 47.2 Å². The van der Waals surface area contributed by atoms with E-state index in [4.69, 9.17) is 0 Å². The summed E-state index contributed by atoms with van der Waals surface area (Å²) in [4.78, 5) is 34.8. The van der Waals surface area contributed by atoms with Crippen molar-refractivity contribution in [1.29, 1.82) is 0 Å². The molecule has 2 aromatic rings. The van der Waals surface area contributed by atoms with Crippen molar-refractivity contribution in [2.24, 2.45) is 0 Å². The Kier molecular flexibility index (Phi) is 5.69. The summed E-state index contributed by atoms with van der Waals surface area (Å²) in [7, 11) is 0. The van der Waals surface area contributed by atoms with Crippen LogP contribution < -0.4 is 16.2 Å². The van der Waals surface area contributed by atoms with Gasteiger partial charge < -0.3 is 10.6 Å². The SMILES string of the molecule is CC(C)(C)c1ccc(C(=O)NCCNC(=O)c2ccc(=O)[nH]n2)cc1. The van der Waals surface area contributed by atoms with Crippen LogP contribution >= 0.6 is 0 Å². The van der Waals surface area contributed by atoms with Gasteiger partial charge in [0.2, 0.25) is 0 Å². The zero-order valence-corrected chi connectivity index (χ0v) is 14.6. The van der Waals surface area contributed by atoms with Crippen molar-refractivity contribution in [3.63, 3.8) is 0 Å². The Balaban J connectivity index is 1.79. The van der Waals surface area contributed by atoms with Gasteiger partial charge in [-0.15, -0.1) is 0 Å². The number of aromatic nitrogens is 2. The van der Waals surface area contributed by atoms with E-state index in [2.05, 4.69) is 41.6 Å². The topological polar surface area (TPSA) is 104 Å². The molecule has 0 fully saturated rings. The van der Waals surface area contributed by atoms with E-state index in [-0.39, 0.29) is 35.7 Å². The van der Waals surface area contributed by atoms with Crippen LogP contribution in [0.5, 0.6) is 0 Å². The molecule has 0 unspecified atom stereocenters. The quantitative estimate of drug-likeness (QED) is 0.711. The number of rotatable bonds is 5. The van der Waals surface area contributed by atoms with Crippen LogP contribution in [0, 0.1) is 0 Å². The number of hydrogen-bond donors (Lipinski definition) is 3. The summed E-state index contributed by atoms with van der Waals surface area (Å²) in [6.07, 6.45) is 0. The average molecular weight is 342 g/mol. The van der Waals surface area contributed by atoms with E-state index in [9.17, 15) is 14.4 Å². The molecule has 3 N–H and O–H groups in total. The lowest BCUT2D eigenvalue weighted by Crippen LogP contribution is -2.35. The summed E-state index contributed by atoms with van der Waals surface area (Å²) >= 11 is 0. The molecule has 0 atom stereocenters. The van der Waals surface area contributed by atoms with Crippen molar-refractivity contribution in [3.05, 3.63) is 63.6 Å². The summed E-state index contributed by atoms with van der Waals surface area (Å²) in [6.45, 7) is 6.88. The second kappa shape index (κ2) is 7.74. The van der Waals surface area contributed by atoms with Gasteiger partial charge in [-0.3, -0.25) is 14.4 Å². The summed E-state index contributed by atoms with van der Waals surface area (Å²) in [5.41, 5.74) is 1.51. The molecule has 0 bridgehead atoms. The first-order valence-electron chi connectivity index (χ1n) is 8.00. The number of H-pyrrole nitrogens is 1. The number of benzene rings is 1. The minimum absolute atomic E-state index is 0.0367.